The van der Waals surface area contributed by atoms with Gasteiger partial charge in [0.15, 0.2) is 5.79 Å². The van der Waals surface area contributed by atoms with Gasteiger partial charge in [-0.3, -0.25) is 0 Å². The van der Waals surface area contributed by atoms with E-state index in [0.717, 1.165) is 24.9 Å². The van der Waals surface area contributed by atoms with Crippen molar-refractivity contribution >= 4 is 6.08 Å². The first-order valence-electron chi connectivity index (χ1n) is 10.7. The van der Waals surface area contributed by atoms with Gasteiger partial charge in [0, 0.05) is 26.1 Å². The van der Waals surface area contributed by atoms with Crippen molar-refractivity contribution in [1.82, 2.24) is 9.78 Å². The molecule has 2 heterocycles. The standard InChI is InChI=1S/C24H30N2O4/c1-16-5-7-19(8-6-16)26-20-11-18-9-10-24(23(18,2)12-17(20)13-25-26)29-21(14-27-3)22(30-24)15-28-4/h5-8,11,13,21-22H,9-10,12,14-15H2,1-4H3/t21-,22-,23-/m0/s1. The minimum absolute atomic E-state index is 0.122. The average molecular weight is 411 g/mol. The first-order chi connectivity index (χ1) is 14.5. The number of fused-ring (bicyclic) bond motifs is 3. The summed E-state index contributed by atoms with van der Waals surface area (Å²) in [6.07, 6.45) is 6.70. The number of rotatable bonds is 5. The minimum Gasteiger partial charge on any atom is -0.382 e. The molecule has 1 aromatic heterocycles. The molecule has 6 nitrogen and oxygen atoms in total. The number of aromatic nitrogens is 2. The largest absolute Gasteiger partial charge is 0.382 e. The highest BCUT2D eigenvalue weighted by molar-refractivity contribution is 5.62. The fourth-order valence-corrected chi connectivity index (χ4v) is 5.35. The highest BCUT2D eigenvalue weighted by atomic mass is 16.8. The molecule has 1 saturated heterocycles. The molecule has 0 N–H and O–H groups in total. The Hall–Kier alpha value is -1.99. The summed E-state index contributed by atoms with van der Waals surface area (Å²) >= 11 is 0. The van der Waals surface area contributed by atoms with E-state index in [1.54, 1.807) is 14.2 Å². The van der Waals surface area contributed by atoms with Crippen LogP contribution in [0.15, 0.2) is 36.0 Å². The maximum atomic E-state index is 6.61. The predicted molar refractivity (Wildman–Crippen MR) is 114 cm³/mol. The molecular formula is C24H30N2O4. The Morgan fingerprint density at radius 2 is 1.77 bits per heavy atom. The van der Waals surface area contributed by atoms with Crippen LogP contribution in [0.3, 0.4) is 0 Å². The lowest BCUT2D eigenvalue weighted by atomic mass is 9.72. The quantitative estimate of drug-likeness (QED) is 0.752. The molecular weight excluding hydrogens is 380 g/mol. The van der Waals surface area contributed by atoms with Gasteiger partial charge >= 0.3 is 0 Å². The number of benzene rings is 1. The summed E-state index contributed by atoms with van der Waals surface area (Å²) in [5.74, 6) is -0.644. The van der Waals surface area contributed by atoms with Gasteiger partial charge in [-0.25, -0.2) is 4.68 Å². The number of aryl methyl sites for hydroxylation is 1. The molecule has 30 heavy (non-hydrogen) atoms. The van der Waals surface area contributed by atoms with E-state index in [2.05, 4.69) is 44.2 Å². The Morgan fingerprint density at radius 1 is 1.10 bits per heavy atom. The van der Waals surface area contributed by atoms with Crippen molar-refractivity contribution < 1.29 is 18.9 Å². The number of methoxy groups -OCH3 is 2. The maximum absolute atomic E-state index is 6.61. The number of ether oxygens (including phenoxy) is 4. The molecule has 0 radical (unpaired) electrons. The zero-order valence-corrected chi connectivity index (χ0v) is 18.2. The summed E-state index contributed by atoms with van der Waals surface area (Å²) < 4.78 is 26.1. The minimum atomic E-state index is -0.644. The van der Waals surface area contributed by atoms with Crippen molar-refractivity contribution in [2.24, 2.45) is 5.41 Å². The molecule has 1 saturated carbocycles. The fourth-order valence-electron chi connectivity index (χ4n) is 5.35. The van der Waals surface area contributed by atoms with Gasteiger partial charge in [0.25, 0.3) is 0 Å². The summed E-state index contributed by atoms with van der Waals surface area (Å²) in [5.41, 5.74) is 5.88. The molecule has 2 aromatic rings. The van der Waals surface area contributed by atoms with E-state index in [1.807, 2.05) is 10.9 Å². The van der Waals surface area contributed by atoms with E-state index >= 15 is 0 Å². The first kappa shape index (κ1) is 19.9. The number of hydrogen-bond donors (Lipinski definition) is 0. The second-order valence-corrected chi connectivity index (χ2v) is 8.96. The molecule has 3 aliphatic rings. The third-order valence-corrected chi connectivity index (χ3v) is 7.05. The zero-order valence-electron chi connectivity index (χ0n) is 18.2. The maximum Gasteiger partial charge on any atom is 0.179 e. The van der Waals surface area contributed by atoms with Crippen LogP contribution in [-0.4, -0.2) is 55.2 Å². The molecule has 2 fully saturated rings. The summed E-state index contributed by atoms with van der Waals surface area (Å²) in [6, 6.07) is 8.50. The predicted octanol–water partition coefficient (Wildman–Crippen LogP) is 3.69. The Morgan fingerprint density at radius 3 is 2.40 bits per heavy atom. The topological polar surface area (TPSA) is 54.7 Å². The van der Waals surface area contributed by atoms with Gasteiger partial charge in [-0.05, 0) is 43.5 Å². The van der Waals surface area contributed by atoms with Crippen molar-refractivity contribution in [1.29, 1.82) is 0 Å². The molecule has 160 valence electrons. The van der Waals surface area contributed by atoms with Crippen LogP contribution in [0.1, 0.15) is 36.6 Å². The third-order valence-electron chi connectivity index (χ3n) is 7.05. The van der Waals surface area contributed by atoms with Gasteiger partial charge in [-0.1, -0.05) is 30.2 Å². The van der Waals surface area contributed by atoms with Crippen LogP contribution in [0.5, 0.6) is 0 Å². The molecule has 1 spiro atoms. The molecule has 1 aromatic carbocycles. The van der Waals surface area contributed by atoms with Crippen LogP contribution >= 0.6 is 0 Å². The van der Waals surface area contributed by atoms with E-state index in [-0.39, 0.29) is 17.6 Å². The monoisotopic (exact) mass is 410 g/mol. The molecule has 2 aliphatic carbocycles. The Kier molecular flexibility index (Phi) is 4.86. The second-order valence-electron chi connectivity index (χ2n) is 8.96. The van der Waals surface area contributed by atoms with E-state index in [1.165, 1.54) is 22.4 Å². The summed E-state index contributed by atoms with van der Waals surface area (Å²) in [7, 11) is 3.40. The molecule has 3 atom stereocenters. The van der Waals surface area contributed by atoms with Crippen molar-refractivity contribution in [3.8, 4) is 5.69 Å². The molecule has 0 bridgehead atoms. The lowest BCUT2D eigenvalue weighted by Crippen LogP contribution is -2.47. The zero-order chi connectivity index (χ0) is 20.9. The van der Waals surface area contributed by atoms with Crippen LogP contribution in [0, 0.1) is 12.3 Å². The third kappa shape index (κ3) is 2.89. The Bertz CT molecular complexity index is 950. The van der Waals surface area contributed by atoms with Gasteiger partial charge in [-0.2, -0.15) is 5.10 Å². The van der Waals surface area contributed by atoms with Crippen molar-refractivity contribution in [3.05, 3.63) is 52.9 Å². The molecule has 0 unspecified atom stereocenters. The summed E-state index contributed by atoms with van der Waals surface area (Å²) in [5, 5.41) is 4.71. The molecule has 6 heteroatoms. The van der Waals surface area contributed by atoms with E-state index in [9.17, 15) is 0 Å². The first-order valence-corrected chi connectivity index (χ1v) is 10.7. The van der Waals surface area contributed by atoms with Crippen LogP contribution < -0.4 is 0 Å². The lowest BCUT2D eigenvalue weighted by molar-refractivity contribution is -0.228. The van der Waals surface area contributed by atoms with Gasteiger partial charge < -0.3 is 18.9 Å². The fraction of sp³-hybridized carbons (Fsp3) is 0.542. The number of hydrogen-bond acceptors (Lipinski definition) is 5. The van der Waals surface area contributed by atoms with Crippen molar-refractivity contribution in [2.45, 2.75) is 51.1 Å². The van der Waals surface area contributed by atoms with Crippen LogP contribution in [-0.2, 0) is 25.4 Å². The lowest BCUT2D eigenvalue weighted by Gasteiger charge is -2.42. The highest BCUT2D eigenvalue weighted by Gasteiger charge is 2.63. The van der Waals surface area contributed by atoms with Gasteiger partial charge in [-0.15, -0.1) is 0 Å². The second kappa shape index (κ2) is 7.31. The summed E-state index contributed by atoms with van der Waals surface area (Å²) in [6.45, 7) is 5.38. The average Bonchev–Trinajstić information content (AvgIpc) is 3.37. The SMILES string of the molecule is COC[C@@H]1OC2(CCC3=Cc4c(cnn4-c4ccc(C)cc4)C[C@@]32C)O[C@H]1COC. The Balaban J connectivity index is 1.49. The van der Waals surface area contributed by atoms with Crippen LogP contribution in [0.2, 0.25) is 0 Å². The van der Waals surface area contributed by atoms with Crippen molar-refractivity contribution in [2.75, 3.05) is 27.4 Å². The van der Waals surface area contributed by atoms with E-state index in [4.69, 9.17) is 24.0 Å². The van der Waals surface area contributed by atoms with E-state index < -0.39 is 5.79 Å². The van der Waals surface area contributed by atoms with Crippen LogP contribution in [0.25, 0.3) is 11.8 Å². The molecule has 0 amide bonds. The Labute approximate surface area is 177 Å². The van der Waals surface area contributed by atoms with E-state index in [0.29, 0.717) is 13.2 Å². The molecule has 5 rings (SSSR count). The number of nitrogens with zero attached hydrogens (tertiary/aromatic N) is 2. The van der Waals surface area contributed by atoms with Crippen molar-refractivity contribution in [3.63, 3.8) is 0 Å². The normalized spacial score (nSPS) is 29.1. The van der Waals surface area contributed by atoms with Crippen LogP contribution in [0.4, 0.5) is 0 Å². The van der Waals surface area contributed by atoms with Gasteiger partial charge in [0.1, 0.15) is 12.2 Å². The highest BCUT2D eigenvalue weighted by Crippen LogP contribution is 2.60. The smallest absolute Gasteiger partial charge is 0.179 e. The summed E-state index contributed by atoms with van der Waals surface area (Å²) in [4.78, 5) is 0. The van der Waals surface area contributed by atoms with Gasteiger partial charge in [0.2, 0.25) is 0 Å². The van der Waals surface area contributed by atoms with Gasteiger partial charge in [0.05, 0.1) is 30.8 Å². The molecule has 1 aliphatic heterocycles.